The second-order valence-corrected chi connectivity index (χ2v) is 6.67. The largest absolute Gasteiger partial charge is 0.388 e. The molecule has 0 unspecified atom stereocenters. The van der Waals surface area contributed by atoms with Crippen LogP contribution in [-0.2, 0) is 23.1 Å². The average molecular weight is 358 g/mol. The van der Waals surface area contributed by atoms with Crippen LogP contribution in [0.4, 0.5) is 5.69 Å². The van der Waals surface area contributed by atoms with E-state index in [0.29, 0.717) is 24.3 Å². The van der Waals surface area contributed by atoms with Gasteiger partial charge in [0.25, 0.3) is 6.26 Å². The van der Waals surface area contributed by atoms with Gasteiger partial charge in [-0.15, -0.1) is 18.4 Å². The molecule has 4 heteroatoms. The fourth-order valence-electron chi connectivity index (χ4n) is 3.05. The molecule has 0 atom stereocenters. The number of aliphatic imine (C=N–C) groups is 1. The lowest BCUT2D eigenvalue weighted by Gasteiger charge is -2.28. The van der Waals surface area contributed by atoms with Gasteiger partial charge in [0.05, 0.1) is 5.69 Å². The molecule has 0 aliphatic heterocycles. The van der Waals surface area contributed by atoms with E-state index in [9.17, 15) is 4.79 Å². The highest BCUT2D eigenvalue weighted by Gasteiger charge is 2.25. The molecule has 0 saturated carbocycles. The van der Waals surface area contributed by atoms with Crippen LogP contribution in [0, 0.1) is 11.5 Å². The number of hydrogen-bond donors (Lipinski definition) is 0. The van der Waals surface area contributed by atoms with Gasteiger partial charge in [-0.05, 0) is 47.2 Å². The van der Waals surface area contributed by atoms with Crippen LogP contribution in [0.1, 0.15) is 36.1 Å². The van der Waals surface area contributed by atoms with Crippen molar-refractivity contribution in [2.24, 2.45) is 4.99 Å². The molecule has 2 rings (SSSR count). The standard InChI is InChI=1S/C23H22N2O2/c1-5-7-17-13-19(9-11-21(17)25-16-26)23(3,4)20-10-12-22(27-15-24)18(14-20)8-6-2/h5-6,9-14H,1-2,7-8H2,3-4H3. The number of isocyanates is 1. The van der Waals surface area contributed by atoms with Gasteiger partial charge in [-0.25, -0.2) is 4.79 Å². The predicted octanol–water partition coefficient (Wildman–Crippen LogP) is 5.30. The zero-order valence-corrected chi connectivity index (χ0v) is 15.7. The highest BCUT2D eigenvalue weighted by atomic mass is 16.5. The fraction of sp³-hybridized carbons (Fsp3) is 0.217. The number of benzene rings is 2. The van der Waals surface area contributed by atoms with Gasteiger partial charge in [-0.1, -0.05) is 50.3 Å². The van der Waals surface area contributed by atoms with Gasteiger partial charge >= 0.3 is 0 Å². The van der Waals surface area contributed by atoms with Crippen LogP contribution >= 0.6 is 0 Å². The molecule has 0 aliphatic rings. The van der Waals surface area contributed by atoms with Crippen molar-refractivity contribution >= 4 is 11.8 Å². The zero-order valence-electron chi connectivity index (χ0n) is 15.7. The molecule has 0 N–H and O–H groups in total. The highest BCUT2D eigenvalue weighted by Crippen LogP contribution is 2.36. The molecule has 2 aromatic carbocycles. The van der Waals surface area contributed by atoms with E-state index in [-0.39, 0.29) is 5.41 Å². The molecular weight excluding hydrogens is 336 g/mol. The molecule has 136 valence electrons. The third kappa shape index (κ3) is 4.41. The van der Waals surface area contributed by atoms with E-state index < -0.39 is 0 Å². The van der Waals surface area contributed by atoms with E-state index >= 15 is 0 Å². The van der Waals surface area contributed by atoms with Crippen LogP contribution in [0.25, 0.3) is 0 Å². The maximum Gasteiger partial charge on any atom is 0.292 e. The third-order valence-electron chi connectivity index (χ3n) is 4.63. The van der Waals surface area contributed by atoms with Crippen LogP contribution in [0.2, 0.25) is 0 Å². The summed E-state index contributed by atoms with van der Waals surface area (Å²) in [5.41, 5.74) is 4.30. The quantitative estimate of drug-likeness (QED) is 0.278. The average Bonchev–Trinajstić information content (AvgIpc) is 2.65. The monoisotopic (exact) mass is 358 g/mol. The molecule has 4 nitrogen and oxygen atoms in total. The first-order valence-corrected chi connectivity index (χ1v) is 8.60. The smallest absolute Gasteiger partial charge is 0.292 e. The summed E-state index contributed by atoms with van der Waals surface area (Å²) in [4.78, 5) is 14.4. The van der Waals surface area contributed by atoms with Crippen molar-refractivity contribution in [1.29, 1.82) is 5.26 Å². The van der Waals surface area contributed by atoms with E-state index in [0.717, 1.165) is 22.3 Å². The minimum absolute atomic E-state index is 0.305. The van der Waals surface area contributed by atoms with Gasteiger partial charge in [0.1, 0.15) is 5.75 Å². The predicted molar refractivity (Wildman–Crippen MR) is 107 cm³/mol. The maximum atomic E-state index is 10.7. The van der Waals surface area contributed by atoms with Crippen molar-refractivity contribution in [3.05, 3.63) is 84.0 Å². The Morgan fingerprint density at radius 3 is 2.26 bits per heavy atom. The summed E-state index contributed by atoms with van der Waals surface area (Å²) in [6.07, 6.45) is 8.12. The van der Waals surface area contributed by atoms with Gasteiger partial charge in [-0.2, -0.15) is 4.99 Å². The zero-order chi connectivity index (χ0) is 19.9. The lowest BCUT2D eigenvalue weighted by atomic mass is 9.76. The third-order valence-corrected chi connectivity index (χ3v) is 4.63. The van der Waals surface area contributed by atoms with Crippen molar-refractivity contribution in [2.75, 3.05) is 0 Å². The molecule has 0 amide bonds. The minimum Gasteiger partial charge on any atom is -0.388 e. The van der Waals surface area contributed by atoms with Crippen LogP contribution in [-0.4, -0.2) is 6.08 Å². The first kappa shape index (κ1) is 19.9. The Morgan fingerprint density at radius 2 is 1.67 bits per heavy atom. The Bertz CT molecular complexity index is 945. The van der Waals surface area contributed by atoms with Crippen LogP contribution < -0.4 is 4.74 Å². The van der Waals surface area contributed by atoms with Crippen molar-refractivity contribution in [3.8, 4) is 12.0 Å². The summed E-state index contributed by atoms with van der Waals surface area (Å²) in [5, 5.41) is 8.83. The molecule has 0 spiro atoms. The van der Waals surface area contributed by atoms with E-state index in [4.69, 9.17) is 10.00 Å². The summed E-state index contributed by atoms with van der Waals surface area (Å²) in [7, 11) is 0. The number of allylic oxidation sites excluding steroid dienone is 2. The van der Waals surface area contributed by atoms with Gasteiger partial charge in [0.15, 0.2) is 0 Å². The Morgan fingerprint density at radius 1 is 1.07 bits per heavy atom. The van der Waals surface area contributed by atoms with Crippen LogP contribution in [0.3, 0.4) is 0 Å². The summed E-state index contributed by atoms with van der Waals surface area (Å²) in [5.74, 6) is 0.542. The Kier molecular flexibility index (Phi) is 6.49. The molecule has 0 heterocycles. The van der Waals surface area contributed by atoms with E-state index in [1.165, 1.54) is 0 Å². The maximum absolute atomic E-state index is 10.7. The second-order valence-electron chi connectivity index (χ2n) is 6.67. The van der Waals surface area contributed by atoms with Gasteiger partial charge < -0.3 is 4.74 Å². The molecule has 0 aromatic heterocycles. The van der Waals surface area contributed by atoms with Crippen molar-refractivity contribution in [3.63, 3.8) is 0 Å². The molecular formula is C23H22N2O2. The Labute approximate surface area is 160 Å². The highest BCUT2D eigenvalue weighted by molar-refractivity contribution is 5.57. The first-order chi connectivity index (χ1) is 13.0. The van der Waals surface area contributed by atoms with E-state index in [1.54, 1.807) is 24.5 Å². The van der Waals surface area contributed by atoms with E-state index in [2.05, 4.69) is 32.0 Å². The molecule has 0 fully saturated rings. The number of hydrogen-bond acceptors (Lipinski definition) is 4. The molecule has 0 radical (unpaired) electrons. The number of ether oxygens (including phenoxy) is 1. The number of rotatable bonds is 8. The summed E-state index contributed by atoms with van der Waals surface area (Å²) < 4.78 is 5.05. The SMILES string of the molecule is C=CCc1cc(C(C)(C)c2ccc(OC#N)c(CC=C)c2)ccc1N=C=O. The lowest BCUT2D eigenvalue weighted by molar-refractivity contribution is 0.500. The minimum atomic E-state index is -0.305. The molecule has 0 aliphatic carbocycles. The van der Waals surface area contributed by atoms with Gasteiger partial charge in [0.2, 0.25) is 6.08 Å². The van der Waals surface area contributed by atoms with Crippen molar-refractivity contribution < 1.29 is 9.53 Å². The normalized spacial score (nSPS) is 10.4. The summed E-state index contributed by atoms with van der Waals surface area (Å²) in [6.45, 7) is 11.8. The lowest BCUT2D eigenvalue weighted by Crippen LogP contribution is -2.19. The molecule has 27 heavy (non-hydrogen) atoms. The Balaban J connectivity index is 2.54. The molecule has 2 aromatic rings. The topological polar surface area (TPSA) is 62.4 Å². The van der Waals surface area contributed by atoms with Gasteiger partial charge in [-0.3, -0.25) is 0 Å². The Hall–Kier alpha value is -3.41. The number of nitriles is 1. The second kappa shape index (κ2) is 8.80. The van der Waals surface area contributed by atoms with Crippen molar-refractivity contribution in [1.82, 2.24) is 0 Å². The number of nitrogens with zero attached hydrogens (tertiary/aromatic N) is 2. The molecule has 0 bridgehead atoms. The van der Waals surface area contributed by atoms with Crippen LogP contribution in [0.15, 0.2) is 66.7 Å². The number of carbonyl (C=O) groups excluding carboxylic acids is 1. The van der Waals surface area contributed by atoms with Crippen LogP contribution in [0.5, 0.6) is 5.75 Å². The first-order valence-electron chi connectivity index (χ1n) is 8.60. The van der Waals surface area contributed by atoms with Crippen molar-refractivity contribution in [2.45, 2.75) is 32.1 Å². The van der Waals surface area contributed by atoms with E-state index in [1.807, 2.05) is 36.4 Å². The van der Waals surface area contributed by atoms with Gasteiger partial charge in [0, 0.05) is 5.41 Å². The molecule has 0 saturated heterocycles. The summed E-state index contributed by atoms with van der Waals surface area (Å²) in [6, 6.07) is 11.7. The summed E-state index contributed by atoms with van der Waals surface area (Å²) >= 11 is 0. The fourth-order valence-corrected chi connectivity index (χ4v) is 3.05.